The molecule has 8 heteroatoms. The molecule has 1 aliphatic heterocycles. The maximum atomic E-state index is 13.5. The zero-order valence-electron chi connectivity index (χ0n) is 9.32. The van der Waals surface area contributed by atoms with Crippen LogP contribution in [0.2, 0.25) is 0 Å². The minimum absolute atomic E-state index is 0.234. The topological polar surface area (TPSA) is 81.4 Å². The van der Waals surface area contributed by atoms with Crippen LogP contribution in [0, 0.1) is 11.6 Å². The van der Waals surface area contributed by atoms with Crippen molar-refractivity contribution in [1.29, 1.82) is 0 Å². The third-order valence-electron chi connectivity index (χ3n) is 2.59. The zero-order chi connectivity index (χ0) is 13.3. The molecule has 18 heavy (non-hydrogen) atoms. The Bertz CT molecular complexity index is 556. The normalized spacial score (nSPS) is 20.2. The number of benzene rings is 1. The molecule has 1 saturated heterocycles. The molecule has 1 fully saturated rings. The highest BCUT2D eigenvalue weighted by Gasteiger charge is 2.26. The first-order valence-electron chi connectivity index (χ1n) is 5.25. The van der Waals surface area contributed by atoms with E-state index in [0.29, 0.717) is 19.1 Å². The Balaban J connectivity index is 2.31. The molecule has 100 valence electrons. The monoisotopic (exact) mass is 278 g/mol. The number of nitrogens with two attached hydrogens (primary N) is 1. The highest BCUT2D eigenvalue weighted by atomic mass is 32.2. The van der Waals surface area contributed by atoms with Crippen LogP contribution >= 0.6 is 0 Å². The molecule has 1 aromatic carbocycles. The second-order valence-electron chi connectivity index (χ2n) is 3.99. The van der Waals surface area contributed by atoms with Crippen LogP contribution in [0.5, 0.6) is 0 Å². The Kier molecular flexibility index (Phi) is 3.51. The summed E-state index contributed by atoms with van der Waals surface area (Å²) in [6, 6.07) is 0.818. The lowest BCUT2D eigenvalue weighted by Gasteiger charge is -2.12. The van der Waals surface area contributed by atoms with Gasteiger partial charge in [-0.15, -0.1) is 0 Å². The van der Waals surface area contributed by atoms with Crippen LogP contribution in [0.25, 0.3) is 0 Å². The average molecular weight is 278 g/mol. The van der Waals surface area contributed by atoms with Crippen molar-refractivity contribution in [3.05, 3.63) is 23.8 Å². The van der Waals surface area contributed by atoms with Gasteiger partial charge in [-0.25, -0.2) is 21.9 Å². The van der Waals surface area contributed by atoms with Gasteiger partial charge in [0.05, 0.1) is 12.3 Å². The van der Waals surface area contributed by atoms with E-state index >= 15 is 0 Å². The largest absolute Gasteiger partial charge is 0.396 e. The quantitative estimate of drug-likeness (QED) is 0.794. The van der Waals surface area contributed by atoms with Crippen molar-refractivity contribution in [2.75, 3.05) is 18.9 Å². The molecule has 1 aromatic rings. The maximum absolute atomic E-state index is 13.5. The van der Waals surface area contributed by atoms with E-state index in [1.165, 1.54) is 0 Å². The minimum atomic E-state index is -4.07. The number of ether oxygens (including phenoxy) is 1. The first kappa shape index (κ1) is 13.2. The average Bonchev–Trinajstić information content (AvgIpc) is 2.75. The standard InChI is InChI=1S/C10H12F2N2O3S/c11-7-3-8(12)10(4-9(7)13)18(15,16)14-6-1-2-17-5-6/h3-4,6,14H,1-2,5,13H2. The molecule has 0 radical (unpaired) electrons. The number of rotatable bonds is 3. The van der Waals surface area contributed by atoms with Crippen molar-refractivity contribution in [3.63, 3.8) is 0 Å². The van der Waals surface area contributed by atoms with Crippen molar-refractivity contribution < 1.29 is 21.9 Å². The molecule has 0 aromatic heterocycles. The van der Waals surface area contributed by atoms with Crippen LogP contribution in [-0.4, -0.2) is 27.7 Å². The summed E-state index contributed by atoms with van der Waals surface area (Å²) in [5.41, 5.74) is 4.82. The molecule has 0 spiro atoms. The summed E-state index contributed by atoms with van der Waals surface area (Å²) in [7, 11) is -4.07. The smallest absolute Gasteiger partial charge is 0.243 e. The fraction of sp³-hybridized carbons (Fsp3) is 0.400. The molecule has 0 saturated carbocycles. The zero-order valence-corrected chi connectivity index (χ0v) is 10.1. The fourth-order valence-corrected chi connectivity index (χ4v) is 3.01. The van der Waals surface area contributed by atoms with Crippen molar-refractivity contribution in [2.45, 2.75) is 17.4 Å². The molecule has 1 atom stereocenters. The molecule has 0 aliphatic carbocycles. The van der Waals surface area contributed by atoms with Crippen LogP contribution < -0.4 is 10.5 Å². The van der Waals surface area contributed by atoms with Crippen LogP contribution in [0.3, 0.4) is 0 Å². The molecule has 2 rings (SSSR count). The van der Waals surface area contributed by atoms with Crippen LogP contribution in [-0.2, 0) is 14.8 Å². The first-order valence-corrected chi connectivity index (χ1v) is 6.73. The van der Waals surface area contributed by atoms with Gasteiger partial charge in [-0.05, 0) is 12.5 Å². The Morgan fingerprint density at radius 2 is 2.06 bits per heavy atom. The van der Waals surface area contributed by atoms with Gasteiger partial charge in [0.25, 0.3) is 0 Å². The highest BCUT2D eigenvalue weighted by molar-refractivity contribution is 7.89. The van der Waals surface area contributed by atoms with Gasteiger partial charge in [-0.1, -0.05) is 0 Å². The summed E-state index contributed by atoms with van der Waals surface area (Å²) in [6.07, 6.45) is 0.511. The van der Waals surface area contributed by atoms with Crippen LogP contribution in [0.15, 0.2) is 17.0 Å². The van der Waals surface area contributed by atoms with Gasteiger partial charge in [0.15, 0.2) is 0 Å². The number of sulfonamides is 1. The van der Waals surface area contributed by atoms with Crippen LogP contribution in [0.4, 0.5) is 14.5 Å². The molecule has 1 aliphatic rings. The molecular weight excluding hydrogens is 266 g/mol. The van der Waals surface area contributed by atoms with Crippen LogP contribution in [0.1, 0.15) is 6.42 Å². The van der Waals surface area contributed by atoms with E-state index in [9.17, 15) is 17.2 Å². The minimum Gasteiger partial charge on any atom is -0.396 e. The predicted molar refractivity (Wildman–Crippen MR) is 60.3 cm³/mol. The second kappa shape index (κ2) is 4.79. The molecule has 1 unspecified atom stereocenters. The number of halogens is 2. The molecule has 3 N–H and O–H groups in total. The highest BCUT2D eigenvalue weighted by Crippen LogP contribution is 2.21. The molecule has 0 amide bonds. The Morgan fingerprint density at radius 3 is 2.67 bits per heavy atom. The summed E-state index contributed by atoms with van der Waals surface area (Å²) in [4.78, 5) is -0.659. The van der Waals surface area contributed by atoms with Crippen molar-refractivity contribution in [2.24, 2.45) is 0 Å². The number of hydrogen-bond donors (Lipinski definition) is 2. The lowest BCUT2D eigenvalue weighted by Crippen LogP contribution is -2.35. The van der Waals surface area contributed by atoms with Crippen molar-refractivity contribution >= 4 is 15.7 Å². The predicted octanol–water partition coefficient (Wildman–Crippen LogP) is 0.614. The number of anilines is 1. The van der Waals surface area contributed by atoms with Gasteiger partial charge in [0.1, 0.15) is 16.5 Å². The van der Waals surface area contributed by atoms with Crippen molar-refractivity contribution in [3.8, 4) is 0 Å². The second-order valence-corrected chi connectivity index (χ2v) is 5.67. The van der Waals surface area contributed by atoms with E-state index in [1.807, 2.05) is 0 Å². The molecule has 5 nitrogen and oxygen atoms in total. The summed E-state index contributed by atoms with van der Waals surface area (Å²) >= 11 is 0. The maximum Gasteiger partial charge on any atom is 0.243 e. The Labute approximate surface area is 103 Å². The van der Waals surface area contributed by atoms with E-state index in [4.69, 9.17) is 10.5 Å². The summed E-state index contributed by atoms with van der Waals surface area (Å²) < 4.78 is 57.5. The molecule has 0 bridgehead atoms. The van der Waals surface area contributed by atoms with Gasteiger partial charge in [-0.3, -0.25) is 0 Å². The first-order chi connectivity index (χ1) is 8.40. The SMILES string of the molecule is Nc1cc(S(=O)(=O)NC2CCOC2)c(F)cc1F. The number of nitrogen functional groups attached to an aromatic ring is 1. The van der Waals surface area contributed by atoms with E-state index < -0.39 is 38.3 Å². The lowest BCUT2D eigenvalue weighted by atomic mass is 10.3. The van der Waals surface area contributed by atoms with E-state index in [0.717, 1.165) is 6.07 Å². The van der Waals surface area contributed by atoms with Gasteiger partial charge >= 0.3 is 0 Å². The van der Waals surface area contributed by atoms with Gasteiger partial charge in [0, 0.05) is 18.7 Å². The molecular formula is C10H12F2N2O3S. The van der Waals surface area contributed by atoms with Crippen molar-refractivity contribution in [1.82, 2.24) is 4.72 Å². The van der Waals surface area contributed by atoms with Gasteiger partial charge in [0.2, 0.25) is 10.0 Å². The van der Waals surface area contributed by atoms with Gasteiger partial charge in [-0.2, -0.15) is 0 Å². The third kappa shape index (κ3) is 2.60. The summed E-state index contributed by atoms with van der Waals surface area (Å²) in [5.74, 6) is -2.16. The Morgan fingerprint density at radius 1 is 1.33 bits per heavy atom. The summed E-state index contributed by atoms with van der Waals surface area (Å²) in [6.45, 7) is 0.679. The van der Waals surface area contributed by atoms with E-state index in [-0.39, 0.29) is 6.61 Å². The van der Waals surface area contributed by atoms with E-state index in [2.05, 4.69) is 4.72 Å². The Hall–Kier alpha value is -1.25. The number of nitrogens with one attached hydrogen (secondary N) is 1. The summed E-state index contributed by atoms with van der Waals surface area (Å²) in [5, 5.41) is 0. The lowest BCUT2D eigenvalue weighted by molar-refractivity contribution is 0.192. The van der Waals surface area contributed by atoms with E-state index in [1.54, 1.807) is 0 Å². The molecule has 1 heterocycles. The fourth-order valence-electron chi connectivity index (χ4n) is 1.66. The van der Waals surface area contributed by atoms with Gasteiger partial charge < -0.3 is 10.5 Å². The number of hydrogen-bond acceptors (Lipinski definition) is 4. The third-order valence-corrected chi connectivity index (χ3v) is 4.13.